The molecule has 59 heavy (non-hydrogen) atoms. The summed E-state index contributed by atoms with van der Waals surface area (Å²) >= 11 is 0. The predicted octanol–water partition coefficient (Wildman–Crippen LogP) is 4.32. The zero-order chi connectivity index (χ0) is 43.8. The lowest BCUT2D eigenvalue weighted by Gasteiger charge is -2.31. The van der Waals surface area contributed by atoms with E-state index in [1.165, 1.54) is 30.2 Å². The van der Waals surface area contributed by atoms with Crippen LogP contribution in [0, 0.1) is 23.2 Å². The molecular formula is C45H63FN6O7. The van der Waals surface area contributed by atoms with Gasteiger partial charge in [-0.2, -0.15) is 5.26 Å². The molecule has 8 atom stereocenters. The number of alkyl halides is 1. The maximum Gasteiger partial charge on any atom is 0.329 e. The van der Waals surface area contributed by atoms with Gasteiger partial charge < -0.3 is 25.0 Å². The number of esters is 2. The molecule has 4 saturated heterocycles. The summed E-state index contributed by atoms with van der Waals surface area (Å²) in [4.78, 5) is 70.5. The van der Waals surface area contributed by atoms with Crippen molar-refractivity contribution in [3.63, 3.8) is 0 Å². The highest BCUT2D eigenvalue weighted by molar-refractivity contribution is 5.91. The number of amides is 3. The van der Waals surface area contributed by atoms with Crippen LogP contribution >= 0.6 is 0 Å². The lowest BCUT2D eigenvalue weighted by atomic mass is 10.0. The molecule has 4 fully saturated rings. The van der Waals surface area contributed by atoms with Gasteiger partial charge in [-0.1, -0.05) is 74.5 Å². The summed E-state index contributed by atoms with van der Waals surface area (Å²) in [6.07, 6.45) is 6.73. The summed E-state index contributed by atoms with van der Waals surface area (Å²) in [5.74, 6) is -0.968. The van der Waals surface area contributed by atoms with Crippen molar-refractivity contribution >= 4 is 29.7 Å². The van der Waals surface area contributed by atoms with E-state index in [1.807, 2.05) is 30.3 Å². The molecule has 322 valence electrons. The molecule has 6 rings (SSSR count). The third-order valence-electron chi connectivity index (χ3n) is 12.2. The fourth-order valence-electron chi connectivity index (χ4n) is 9.35. The van der Waals surface area contributed by atoms with E-state index in [0.717, 1.165) is 64.5 Å². The van der Waals surface area contributed by atoms with Crippen molar-refractivity contribution in [3.05, 3.63) is 71.8 Å². The van der Waals surface area contributed by atoms with Crippen molar-refractivity contribution in [2.45, 2.75) is 114 Å². The van der Waals surface area contributed by atoms with E-state index in [4.69, 9.17) is 21.8 Å². The average molecular weight is 820 g/mol. The van der Waals surface area contributed by atoms with Gasteiger partial charge in [-0.3, -0.25) is 28.6 Å². The molecular weight excluding hydrogens is 756 g/mol. The average Bonchev–Trinajstić information content (AvgIpc) is 3.77. The molecule has 2 N–H and O–H groups in total. The molecule has 2 unspecified atom stereocenters. The molecule has 0 radical (unpaired) electrons. The van der Waals surface area contributed by atoms with E-state index in [2.05, 4.69) is 60.0 Å². The largest absolute Gasteiger partial charge is 0.467 e. The summed E-state index contributed by atoms with van der Waals surface area (Å²) in [6.45, 7) is 7.02. The van der Waals surface area contributed by atoms with Crippen LogP contribution in [0.15, 0.2) is 60.7 Å². The van der Waals surface area contributed by atoms with Gasteiger partial charge in [0.15, 0.2) is 0 Å². The molecule has 4 heterocycles. The number of methoxy groups -OCH3 is 2. The number of benzene rings is 2. The normalized spacial score (nSPS) is 25.5. The first-order chi connectivity index (χ1) is 28.9. The Kier molecular flexibility index (Phi) is 17.7. The number of nitrogens with two attached hydrogens (primary N) is 1. The van der Waals surface area contributed by atoms with Crippen molar-refractivity contribution in [1.29, 1.82) is 5.26 Å². The molecule has 0 spiro atoms. The lowest BCUT2D eigenvalue weighted by molar-refractivity contribution is -0.155. The molecule has 13 nitrogen and oxygen atoms in total. The van der Waals surface area contributed by atoms with E-state index in [9.17, 15) is 28.4 Å². The van der Waals surface area contributed by atoms with E-state index in [-0.39, 0.29) is 42.8 Å². The molecule has 0 bridgehead atoms. The number of ether oxygens (including phenoxy) is 2. The van der Waals surface area contributed by atoms with Crippen LogP contribution in [0.2, 0.25) is 0 Å². The standard InChI is InChI=1S/C22H31N3O4.C22H29N3O3.CH3F/c1-15-12-18-21(27)24(19(13-20(23)26)22(28)29-2)11-10-17(25(18)14-15)9-8-16-6-4-3-5-7-16;1-16-14-20-21(26)24(19(10-12-23)22(27)28-2)13-11-18(25(20)15-16)9-8-17-6-4-3-5-7-17;1-2/h3-7,15,17-19H,8-14H2,1-2H3,(H2,23,26);3-7,16,18-20H,8-11,13-15H2,1-2H3;1H3/t15-,17?,18+,19-;16-,18?,19-,20+;/m11./s1/i;;1D. The molecule has 0 aromatic heterocycles. The minimum absolute atomic E-state index is 0.0304. The van der Waals surface area contributed by atoms with Gasteiger partial charge in [-0.05, 0) is 74.3 Å². The summed E-state index contributed by atoms with van der Waals surface area (Å²) in [5, 5.41) is 9.15. The van der Waals surface area contributed by atoms with Gasteiger partial charge >= 0.3 is 11.9 Å². The second-order valence-electron chi connectivity index (χ2n) is 16.2. The highest BCUT2D eigenvalue weighted by atomic mass is 19.1. The van der Waals surface area contributed by atoms with Crippen LogP contribution in [-0.2, 0) is 46.3 Å². The molecule has 4 aliphatic rings. The number of carbonyl (C=O) groups excluding carboxylic acids is 5. The predicted molar refractivity (Wildman–Crippen MR) is 221 cm³/mol. The van der Waals surface area contributed by atoms with Gasteiger partial charge in [0.1, 0.15) is 12.1 Å². The summed E-state index contributed by atoms with van der Waals surface area (Å²) in [7, 11) is 1.58. The Hall–Kier alpha value is -4.87. The highest BCUT2D eigenvalue weighted by Gasteiger charge is 2.47. The molecule has 2 aromatic rings. The van der Waals surface area contributed by atoms with Gasteiger partial charge in [0.05, 0.1) is 53.7 Å². The number of primary amides is 1. The van der Waals surface area contributed by atoms with Gasteiger partial charge in [0.2, 0.25) is 17.7 Å². The number of nitrogens with zero attached hydrogens (tertiary/aromatic N) is 5. The van der Waals surface area contributed by atoms with E-state index >= 15 is 0 Å². The van der Waals surface area contributed by atoms with Crippen molar-refractivity contribution in [2.75, 3.05) is 47.6 Å². The first kappa shape index (κ1) is 45.2. The zero-order valence-electron chi connectivity index (χ0n) is 36.0. The Morgan fingerprint density at radius 1 is 0.797 bits per heavy atom. The van der Waals surface area contributed by atoms with E-state index in [0.29, 0.717) is 31.0 Å². The SMILES string of the molecule is COC(=O)[C@@H](CC#N)N1CCC(CCc2ccccc2)N2C[C@H](C)C[C@H]2C1=O.COC(=O)[C@@H](CC(N)=O)N1CCC(CCc2ccccc2)N2C[C@H](C)C[C@H]2C1=O.[2H]CF. The molecule has 0 saturated carbocycles. The van der Waals surface area contributed by atoms with Crippen LogP contribution in [-0.4, -0.2) is 133 Å². The number of fused-ring (bicyclic) bond motifs is 2. The highest BCUT2D eigenvalue weighted by Crippen LogP contribution is 2.34. The maximum atomic E-state index is 13.4. The fraction of sp³-hybridized carbons (Fsp3) is 0.600. The number of aryl methyl sites for hydroxylation is 2. The number of hydrogen-bond acceptors (Lipinski definition) is 10. The number of nitriles is 1. The fourth-order valence-corrected chi connectivity index (χ4v) is 9.35. The van der Waals surface area contributed by atoms with Crippen molar-refractivity contribution in [2.24, 2.45) is 17.6 Å². The van der Waals surface area contributed by atoms with Gasteiger partial charge in [0.25, 0.3) is 0 Å². The van der Waals surface area contributed by atoms with E-state index in [1.54, 1.807) is 4.90 Å². The van der Waals surface area contributed by atoms with Gasteiger partial charge in [-0.15, -0.1) is 0 Å². The van der Waals surface area contributed by atoms with Crippen LogP contribution in [0.5, 0.6) is 0 Å². The van der Waals surface area contributed by atoms with Crippen molar-refractivity contribution < 1.29 is 39.2 Å². The summed E-state index contributed by atoms with van der Waals surface area (Å²) in [6, 6.07) is 21.1. The summed E-state index contributed by atoms with van der Waals surface area (Å²) < 4.78 is 25.2. The number of rotatable bonds is 13. The Morgan fingerprint density at radius 2 is 1.20 bits per heavy atom. The molecule has 2 aromatic carbocycles. The minimum Gasteiger partial charge on any atom is -0.467 e. The van der Waals surface area contributed by atoms with Crippen LogP contribution < -0.4 is 5.73 Å². The smallest absolute Gasteiger partial charge is 0.329 e. The third kappa shape index (κ3) is 12.3. The second kappa shape index (κ2) is 23.1. The van der Waals surface area contributed by atoms with E-state index < -0.39 is 37.1 Å². The van der Waals surface area contributed by atoms with Crippen molar-refractivity contribution in [3.8, 4) is 6.07 Å². The molecule has 14 heteroatoms. The lowest BCUT2D eigenvalue weighted by Crippen LogP contribution is -2.52. The number of carbonyl (C=O) groups is 5. The van der Waals surface area contributed by atoms with Crippen LogP contribution in [0.1, 0.15) is 77.7 Å². The Balaban J connectivity index is 0.000000249. The number of hydrogen-bond donors (Lipinski definition) is 1. The van der Waals surface area contributed by atoms with Crippen molar-refractivity contribution in [1.82, 2.24) is 19.6 Å². The van der Waals surface area contributed by atoms with Crippen LogP contribution in [0.25, 0.3) is 0 Å². The summed E-state index contributed by atoms with van der Waals surface area (Å²) in [5.41, 5.74) is 7.93. The molecule has 4 aliphatic heterocycles. The Morgan fingerprint density at radius 3 is 1.59 bits per heavy atom. The van der Waals surface area contributed by atoms with Crippen LogP contribution in [0.3, 0.4) is 0 Å². The zero-order valence-corrected chi connectivity index (χ0v) is 35.0. The number of halogens is 1. The Bertz CT molecular complexity index is 1750. The monoisotopic (exact) mass is 819 g/mol. The maximum absolute atomic E-state index is 13.4. The van der Waals surface area contributed by atoms with Crippen LogP contribution in [0.4, 0.5) is 4.39 Å². The third-order valence-corrected chi connectivity index (χ3v) is 12.2. The molecule has 0 aliphatic carbocycles. The second-order valence-corrected chi connectivity index (χ2v) is 16.2. The first-order valence-electron chi connectivity index (χ1n) is 21.4. The minimum atomic E-state index is -1.00. The van der Waals surface area contributed by atoms with Gasteiger partial charge in [-0.25, -0.2) is 9.59 Å². The Labute approximate surface area is 350 Å². The first-order valence-corrected chi connectivity index (χ1v) is 20.7. The topological polar surface area (TPSA) is 167 Å². The molecule has 3 amide bonds. The van der Waals surface area contributed by atoms with Gasteiger partial charge in [0, 0.05) is 38.3 Å². The quantitative estimate of drug-likeness (QED) is 0.288.